The molecule has 0 fully saturated rings. The lowest BCUT2D eigenvalue weighted by Crippen LogP contribution is -2.10. The standard InChI is InChI=1S/C24H22F3NO4/c1-30-21-11-9-15(22(31-2)23(21)32-3)12-18(29)13-17-10-8-16(14-28-17)19-6-4-5-7-20(19)24(25,26)27/h4-11,14H,12-13H2,1-3H3. The molecular formula is C24H22F3NO4. The molecule has 168 valence electrons. The van der Waals surface area contributed by atoms with Crippen LogP contribution in [0.15, 0.2) is 54.7 Å². The topological polar surface area (TPSA) is 57.7 Å². The second-order valence-corrected chi connectivity index (χ2v) is 6.97. The summed E-state index contributed by atoms with van der Waals surface area (Å²) in [5.74, 6) is 1.15. The third-order valence-corrected chi connectivity index (χ3v) is 4.92. The van der Waals surface area contributed by atoms with Crippen molar-refractivity contribution in [2.45, 2.75) is 19.0 Å². The number of aromatic nitrogens is 1. The average Bonchev–Trinajstić information content (AvgIpc) is 2.78. The number of halogens is 3. The van der Waals surface area contributed by atoms with Crippen LogP contribution >= 0.6 is 0 Å². The van der Waals surface area contributed by atoms with Crippen LogP contribution in [0.5, 0.6) is 17.2 Å². The molecule has 0 saturated heterocycles. The van der Waals surface area contributed by atoms with Gasteiger partial charge in [0.25, 0.3) is 0 Å². The Bertz CT molecular complexity index is 1100. The molecule has 0 aliphatic carbocycles. The molecule has 0 aliphatic rings. The SMILES string of the molecule is COc1ccc(CC(=O)Cc2ccc(-c3ccccc3C(F)(F)F)cn2)c(OC)c1OC. The first kappa shape index (κ1) is 23.1. The zero-order valence-electron chi connectivity index (χ0n) is 17.8. The monoisotopic (exact) mass is 445 g/mol. The van der Waals surface area contributed by atoms with E-state index in [2.05, 4.69) is 4.98 Å². The van der Waals surface area contributed by atoms with Gasteiger partial charge < -0.3 is 14.2 Å². The minimum Gasteiger partial charge on any atom is -0.493 e. The van der Waals surface area contributed by atoms with Crippen LogP contribution in [0.25, 0.3) is 11.1 Å². The van der Waals surface area contributed by atoms with Crippen molar-refractivity contribution in [3.05, 3.63) is 71.5 Å². The smallest absolute Gasteiger partial charge is 0.417 e. The lowest BCUT2D eigenvalue weighted by atomic mass is 9.99. The predicted octanol–water partition coefficient (Wildman–Crippen LogP) is 5.15. The van der Waals surface area contributed by atoms with Crippen molar-refractivity contribution in [1.29, 1.82) is 0 Å². The van der Waals surface area contributed by atoms with Crippen LogP contribution in [-0.4, -0.2) is 32.1 Å². The number of pyridine rings is 1. The first-order valence-electron chi connectivity index (χ1n) is 9.69. The van der Waals surface area contributed by atoms with E-state index in [9.17, 15) is 18.0 Å². The summed E-state index contributed by atoms with van der Waals surface area (Å²) in [7, 11) is 4.46. The Morgan fingerprint density at radius 2 is 1.59 bits per heavy atom. The van der Waals surface area contributed by atoms with Gasteiger partial charge >= 0.3 is 6.18 Å². The Hall–Kier alpha value is -3.55. The van der Waals surface area contributed by atoms with Gasteiger partial charge in [-0.2, -0.15) is 13.2 Å². The Morgan fingerprint density at radius 1 is 0.875 bits per heavy atom. The van der Waals surface area contributed by atoms with Gasteiger partial charge in [0.1, 0.15) is 5.78 Å². The van der Waals surface area contributed by atoms with E-state index in [1.54, 1.807) is 24.3 Å². The summed E-state index contributed by atoms with van der Waals surface area (Å²) < 4.78 is 55.8. The van der Waals surface area contributed by atoms with E-state index in [1.807, 2.05) is 0 Å². The predicted molar refractivity (Wildman–Crippen MR) is 113 cm³/mol. The van der Waals surface area contributed by atoms with Gasteiger partial charge in [-0.3, -0.25) is 9.78 Å². The highest BCUT2D eigenvalue weighted by Gasteiger charge is 2.33. The fraction of sp³-hybridized carbons (Fsp3) is 0.250. The van der Waals surface area contributed by atoms with Crippen molar-refractivity contribution in [2.24, 2.45) is 0 Å². The molecule has 5 nitrogen and oxygen atoms in total. The number of carbonyl (C=O) groups excluding carboxylic acids is 1. The van der Waals surface area contributed by atoms with Crippen LogP contribution in [0.2, 0.25) is 0 Å². The Kier molecular flexibility index (Phi) is 7.02. The number of Topliss-reactive ketones (excluding diaryl/α,β-unsaturated/α-hetero) is 1. The molecule has 0 N–H and O–H groups in total. The number of rotatable bonds is 8. The molecule has 0 bridgehead atoms. The molecule has 0 radical (unpaired) electrons. The van der Waals surface area contributed by atoms with Crippen LogP contribution in [0, 0.1) is 0 Å². The van der Waals surface area contributed by atoms with Crippen LogP contribution in [0.4, 0.5) is 13.2 Å². The average molecular weight is 445 g/mol. The zero-order valence-corrected chi connectivity index (χ0v) is 17.8. The summed E-state index contributed by atoms with van der Waals surface area (Å²) in [6, 6.07) is 11.8. The highest BCUT2D eigenvalue weighted by Crippen LogP contribution is 2.40. The van der Waals surface area contributed by atoms with Crippen LogP contribution in [0.3, 0.4) is 0 Å². The summed E-state index contributed by atoms with van der Waals surface area (Å²) in [5, 5.41) is 0. The first-order valence-corrected chi connectivity index (χ1v) is 9.69. The normalized spacial score (nSPS) is 11.2. The first-order chi connectivity index (χ1) is 15.3. The molecular weight excluding hydrogens is 423 g/mol. The van der Waals surface area contributed by atoms with Gasteiger partial charge in [-0.15, -0.1) is 0 Å². The minimum absolute atomic E-state index is 0.0265. The minimum atomic E-state index is -4.47. The molecule has 2 aromatic carbocycles. The van der Waals surface area contributed by atoms with Crippen molar-refractivity contribution < 1.29 is 32.2 Å². The van der Waals surface area contributed by atoms with E-state index in [0.29, 0.717) is 34.1 Å². The Balaban J connectivity index is 1.77. The van der Waals surface area contributed by atoms with Gasteiger partial charge in [0.15, 0.2) is 11.5 Å². The van der Waals surface area contributed by atoms with Crippen LogP contribution in [0.1, 0.15) is 16.8 Å². The largest absolute Gasteiger partial charge is 0.493 e. The highest BCUT2D eigenvalue weighted by atomic mass is 19.4. The number of ketones is 1. The molecule has 0 aliphatic heterocycles. The second-order valence-electron chi connectivity index (χ2n) is 6.97. The summed E-state index contributed by atoms with van der Waals surface area (Å²) in [4.78, 5) is 16.8. The molecule has 0 atom stereocenters. The fourth-order valence-corrected chi connectivity index (χ4v) is 3.45. The van der Waals surface area contributed by atoms with E-state index in [-0.39, 0.29) is 24.2 Å². The molecule has 0 amide bonds. The fourth-order valence-electron chi connectivity index (χ4n) is 3.45. The van der Waals surface area contributed by atoms with Crippen LogP contribution < -0.4 is 14.2 Å². The number of carbonyl (C=O) groups is 1. The number of ether oxygens (including phenoxy) is 3. The second kappa shape index (κ2) is 9.72. The molecule has 1 aromatic heterocycles. The molecule has 3 rings (SSSR count). The van der Waals surface area contributed by atoms with E-state index in [1.165, 1.54) is 45.7 Å². The lowest BCUT2D eigenvalue weighted by molar-refractivity contribution is -0.137. The van der Waals surface area contributed by atoms with Gasteiger partial charge in [-0.25, -0.2) is 0 Å². The summed E-state index contributed by atoms with van der Waals surface area (Å²) in [6.45, 7) is 0. The van der Waals surface area contributed by atoms with Gasteiger partial charge in [0.2, 0.25) is 5.75 Å². The third-order valence-electron chi connectivity index (χ3n) is 4.92. The quantitative estimate of drug-likeness (QED) is 0.480. The number of nitrogens with zero attached hydrogens (tertiary/aromatic N) is 1. The molecule has 0 spiro atoms. The van der Waals surface area contributed by atoms with Crippen LogP contribution in [-0.2, 0) is 23.8 Å². The molecule has 32 heavy (non-hydrogen) atoms. The number of benzene rings is 2. The lowest BCUT2D eigenvalue weighted by Gasteiger charge is -2.15. The van der Waals surface area contributed by atoms with Crippen molar-refractivity contribution in [3.8, 4) is 28.4 Å². The van der Waals surface area contributed by atoms with E-state index in [4.69, 9.17) is 14.2 Å². The molecule has 0 saturated carbocycles. The summed E-state index contributed by atoms with van der Waals surface area (Å²) >= 11 is 0. The van der Waals surface area contributed by atoms with Crippen molar-refractivity contribution >= 4 is 5.78 Å². The van der Waals surface area contributed by atoms with Crippen molar-refractivity contribution in [1.82, 2.24) is 4.98 Å². The number of alkyl halides is 3. The maximum atomic E-state index is 13.3. The summed E-state index contributed by atoms with van der Waals surface area (Å²) in [5.41, 5.74) is 0.732. The van der Waals surface area contributed by atoms with Gasteiger partial charge in [-0.05, 0) is 23.8 Å². The third kappa shape index (κ3) is 5.01. The van der Waals surface area contributed by atoms with Gasteiger partial charge in [0.05, 0.1) is 26.9 Å². The van der Waals surface area contributed by atoms with E-state index >= 15 is 0 Å². The maximum absolute atomic E-state index is 13.3. The molecule has 0 unspecified atom stereocenters. The van der Waals surface area contributed by atoms with Crippen molar-refractivity contribution in [3.63, 3.8) is 0 Å². The summed E-state index contributed by atoms with van der Waals surface area (Å²) in [6.07, 6.45) is -3.02. The van der Waals surface area contributed by atoms with Crippen molar-refractivity contribution in [2.75, 3.05) is 21.3 Å². The zero-order chi connectivity index (χ0) is 23.3. The Morgan fingerprint density at radius 3 is 2.19 bits per heavy atom. The number of methoxy groups -OCH3 is 3. The van der Waals surface area contributed by atoms with Gasteiger partial charge in [0, 0.05) is 35.9 Å². The molecule has 8 heteroatoms. The highest BCUT2D eigenvalue weighted by molar-refractivity contribution is 5.84. The Labute approximate surface area is 183 Å². The molecule has 3 aromatic rings. The maximum Gasteiger partial charge on any atom is 0.417 e. The van der Waals surface area contributed by atoms with Gasteiger partial charge in [-0.1, -0.05) is 30.3 Å². The number of hydrogen-bond acceptors (Lipinski definition) is 5. The van der Waals surface area contributed by atoms with E-state index < -0.39 is 11.7 Å². The molecule has 1 heterocycles. The van der Waals surface area contributed by atoms with E-state index in [0.717, 1.165) is 6.07 Å². The number of hydrogen-bond donors (Lipinski definition) is 0.